The molecule has 0 aliphatic carbocycles. The van der Waals surface area contributed by atoms with Crippen molar-refractivity contribution in [1.82, 2.24) is 9.84 Å². The molecule has 2 saturated heterocycles. The van der Waals surface area contributed by atoms with Crippen LogP contribution in [0.4, 0.5) is 20.6 Å². The Hall–Kier alpha value is -2.24. The quantitative estimate of drug-likeness (QED) is 0.725. The normalized spacial score (nSPS) is 21.2. The fourth-order valence-electron chi connectivity index (χ4n) is 3.40. The summed E-state index contributed by atoms with van der Waals surface area (Å²) in [5.74, 6) is -0.480. The standard InChI is InChI=1S/C18H25FN4O5S/c1-13(24)3-5-15-12-22(18(25)28-15)14-4-6-17(16(19)11-14)21-8-7-20-23(10-9-21)29(2,26)27/h4,6,11,15,20H,3,5,7-10,12H2,1-2H3/t15-/m0/s1. The van der Waals surface area contributed by atoms with E-state index >= 15 is 0 Å². The van der Waals surface area contributed by atoms with Crippen LogP contribution in [0.5, 0.6) is 0 Å². The van der Waals surface area contributed by atoms with Gasteiger partial charge in [-0.2, -0.15) is 0 Å². The molecule has 2 aliphatic heterocycles. The number of ketones is 1. The number of Topliss-reactive ketones (excluding diaryl/α,β-unsaturated/α-hetero) is 1. The Kier molecular flexibility index (Phi) is 6.39. The fraction of sp³-hybridized carbons (Fsp3) is 0.556. The van der Waals surface area contributed by atoms with Crippen molar-refractivity contribution in [2.45, 2.75) is 25.9 Å². The van der Waals surface area contributed by atoms with E-state index in [1.54, 1.807) is 17.0 Å². The Labute approximate surface area is 169 Å². The highest BCUT2D eigenvalue weighted by atomic mass is 32.2. The fourth-order valence-corrected chi connectivity index (χ4v) is 4.14. The first kappa shape index (κ1) is 21.5. The number of anilines is 2. The van der Waals surface area contributed by atoms with Crippen LogP contribution >= 0.6 is 0 Å². The van der Waals surface area contributed by atoms with Gasteiger partial charge in [-0.25, -0.2) is 23.0 Å². The number of halogens is 1. The van der Waals surface area contributed by atoms with Crippen LogP contribution in [-0.4, -0.2) is 69.8 Å². The number of carbonyl (C=O) groups is 2. The molecular formula is C18H25FN4O5S. The zero-order chi connectivity index (χ0) is 21.2. The Morgan fingerprint density at radius 2 is 2.07 bits per heavy atom. The number of ether oxygens (including phenoxy) is 1. The smallest absolute Gasteiger partial charge is 0.414 e. The van der Waals surface area contributed by atoms with Crippen molar-refractivity contribution in [3.8, 4) is 0 Å². The van der Waals surface area contributed by atoms with Crippen molar-refractivity contribution in [3.05, 3.63) is 24.0 Å². The van der Waals surface area contributed by atoms with E-state index in [1.807, 2.05) is 0 Å². The predicted molar refractivity (Wildman–Crippen MR) is 106 cm³/mol. The summed E-state index contributed by atoms with van der Waals surface area (Å²) >= 11 is 0. The first-order chi connectivity index (χ1) is 13.6. The van der Waals surface area contributed by atoms with Crippen LogP contribution in [0.15, 0.2) is 18.2 Å². The first-order valence-electron chi connectivity index (χ1n) is 9.38. The van der Waals surface area contributed by atoms with E-state index in [1.165, 1.54) is 17.9 Å². The summed E-state index contributed by atoms with van der Waals surface area (Å²) in [6.45, 7) is 3.05. The van der Waals surface area contributed by atoms with E-state index < -0.39 is 28.0 Å². The summed E-state index contributed by atoms with van der Waals surface area (Å²) in [5.41, 5.74) is 3.54. The number of sulfonamides is 1. The number of carbonyl (C=O) groups excluding carboxylic acids is 2. The maximum absolute atomic E-state index is 14.8. The predicted octanol–water partition coefficient (Wildman–Crippen LogP) is 1.11. The monoisotopic (exact) mass is 428 g/mol. The average molecular weight is 428 g/mol. The molecule has 1 aromatic carbocycles. The van der Waals surface area contributed by atoms with E-state index in [-0.39, 0.29) is 18.9 Å². The number of nitrogens with one attached hydrogen (secondary N) is 1. The average Bonchev–Trinajstić information content (AvgIpc) is 2.84. The summed E-state index contributed by atoms with van der Waals surface area (Å²) in [6.07, 6.45) is 0.924. The van der Waals surface area contributed by atoms with Gasteiger partial charge in [0.15, 0.2) is 0 Å². The van der Waals surface area contributed by atoms with Crippen LogP contribution < -0.4 is 15.2 Å². The molecule has 2 heterocycles. The molecule has 9 nitrogen and oxygen atoms in total. The first-order valence-corrected chi connectivity index (χ1v) is 11.2. The molecule has 0 spiro atoms. The van der Waals surface area contributed by atoms with Crippen molar-refractivity contribution in [2.75, 3.05) is 48.8 Å². The van der Waals surface area contributed by atoms with Crippen molar-refractivity contribution in [3.63, 3.8) is 0 Å². The largest absolute Gasteiger partial charge is 0.444 e. The Morgan fingerprint density at radius 1 is 1.31 bits per heavy atom. The lowest BCUT2D eigenvalue weighted by molar-refractivity contribution is -0.117. The lowest BCUT2D eigenvalue weighted by Gasteiger charge is -2.24. The van der Waals surface area contributed by atoms with E-state index in [4.69, 9.17) is 4.74 Å². The number of benzene rings is 1. The highest BCUT2D eigenvalue weighted by molar-refractivity contribution is 7.88. The van der Waals surface area contributed by atoms with Crippen LogP contribution in [-0.2, 0) is 19.6 Å². The van der Waals surface area contributed by atoms with Crippen LogP contribution in [0.3, 0.4) is 0 Å². The second kappa shape index (κ2) is 8.64. The third kappa shape index (κ3) is 5.22. The molecule has 1 aromatic rings. The number of hydrazine groups is 1. The molecule has 1 amide bonds. The minimum absolute atomic E-state index is 0.0243. The van der Waals surface area contributed by atoms with Gasteiger partial charge in [0.25, 0.3) is 0 Å². The van der Waals surface area contributed by atoms with Crippen LogP contribution in [0.1, 0.15) is 19.8 Å². The van der Waals surface area contributed by atoms with Crippen molar-refractivity contribution in [2.24, 2.45) is 0 Å². The van der Waals surface area contributed by atoms with Gasteiger partial charge in [-0.3, -0.25) is 4.90 Å². The zero-order valence-electron chi connectivity index (χ0n) is 16.4. The van der Waals surface area contributed by atoms with Gasteiger partial charge in [0, 0.05) is 32.6 Å². The summed E-state index contributed by atoms with van der Waals surface area (Å²) in [7, 11) is -3.38. The molecule has 160 valence electrons. The highest BCUT2D eigenvalue weighted by Crippen LogP contribution is 2.29. The second-order valence-corrected chi connectivity index (χ2v) is 9.13. The molecule has 1 atom stereocenters. The number of cyclic esters (lactones) is 1. The Morgan fingerprint density at radius 3 is 2.72 bits per heavy atom. The molecule has 2 aliphatic rings. The van der Waals surface area contributed by atoms with Gasteiger partial charge < -0.3 is 14.4 Å². The van der Waals surface area contributed by atoms with Gasteiger partial charge in [0.2, 0.25) is 10.0 Å². The van der Waals surface area contributed by atoms with Gasteiger partial charge in [0.05, 0.1) is 24.2 Å². The Bertz CT molecular complexity index is 894. The van der Waals surface area contributed by atoms with E-state index in [0.717, 1.165) is 10.7 Å². The van der Waals surface area contributed by atoms with Crippen molar-refractivity contribution >= 4 is 33.3 Å². The summed E-state index contributed by atoms with van der Waals surface area (Å²) in [5, 5.41) is 0. The third-order valence-electron chi connectivity index (χ3n) is 4.92. The minimum atomic E-state index is -3.38. The molecular weight excluding hydrogens is 403 g/mol. The molecule has 11 heteroatoms. The number of rotatable bonds is 6. The van der Waals surface area contributed by atoms with Gasteiger partial charge in [-0.1, -0.05) is 0 Å². The molecule has 0 bridgehead atoms. The van der Waals surface area contributed by atoms with Gasteiger partial charge in [-0.05, 0) is 31.5 Å². The number of nitrogens with zero attached hydrogens (tertiary/aromatic N) is 3. The van der Waals surface area contributed by atoms with Gasteiger partial charge in [0.1, 0.15) is 17.7 Å². The number of hydrogen-bond acceptors (Lipinski definition) is 7. The topological polar surface area (TPSA) is 99.3 Å². The molecule has 29 heavy (non-hydrogen) atoms. The summed E-state index contributed by atoms with van der Waals surface area (Å²) in [4.78, 5) is 26.3. The lowest BCUT2D eigenvalue weighted by Crippen LogP contribution is -2.42. The SMILES string of the molecule is CC(=O)CC[C@H]1CN(c2ccc(N3CCNN(S(C)(=O)=O)CC3)c(F)c2)C(=O)O1. The summed E-state index contributed by atoms with van der Waals surface area (Å²) in [6, 6.07) is 4.49. The van der Waals surface area contributed by atoms with Crippen LogP contribution in [0.2, 0.25) is 0 Å². The second-order valence-electron chi connectivity index (χ2n) is 7.22. The number of hydrogen-bond donors (Lipinski definition) is 1. The maximum Gasteiger partial charge on any atom is 0.414 e. The molecule has 3 rings (SSSR count). The minimum Gasteiger partial charge on any atom is -0.444 e. The van der Waals surface area contributed by atoms with Gasteiger partial charge in [-0.15, -0.1) is 4.41 Å². The molecule has 0 radical (unpaired) electrons. The van der Waals surface area contributed by atoms with E-state index in [9.17, 15) is 22.4 Å². The summed E-state index contributed by atoms with van der Waals surface area (Å²) < 4.78 is 44.6. The lowest BCUT2D eigenvalue weighted by atomic mass is 10.1. The maximum atomic E-state index is 14.8. The molecule has 0 unspecified atom stereocenters. The van der Waals surface area contributed by atoms with Crippen molar-refractivity contribution in [1.29, 1.82) is 0 Å². The molecule has 0 saturated carbocycles. The van der Waals surface area contributed by atoms with Crippen molar-refractivity contribution < 1.29 is 27.1 Å². The van der Waals surface area contributed by atoms with Crippen LogP contribution in [0.25, 0.3) is 0 Å². The molecule has 1 N–H and O–H groups in total. The molecule has 2 fully saturated rings. The van der Waals surface area contributed by atoms with E-state index in [2.05, 4.69) is 5.43 Å². The van der Waals surface area contributed by atoms with Gasteiger partial charge >= 0.3 is 6.09 Å². The van der Waals surface area contributed by atoms with E-state index in [0.29, 0.717) is 43.9 Å². The molecule has 0 aromatic heterocycles. The Balaban J connectivity index is 1.69. The third-order valence-corrected chi connectivity index (χ3v) is 6.03. The highest BCUT2D eigenvalue weighted by Gasteiger charge is 2.33. The number of amides is 1. The zero-order valence-corrected chi connectivity index (χ0v) is 17.2. The van der Waals surface area contributed by atoms with Crippen LogP contribution in [0, 0.1) is 5.82 Å².